The molecule has 0 aliphatic rings. The Kier molecular flexibility index (Phi) is 7.45. The fourth-order valence-electron chi connectivity index (χ4n) is 1.25. The molecule has 0 amide bonds. The van der Waals surface area contributed by atoms with Crippen LogP contribution < -0.4 is 5.73 Å². The molecular weight excluding hydrogens is 152 g/mol. The normalized spacial score (nSPS) is 13.8. The third-order valence-electron chi connectivity index (χ3n) is 1.80. The van der Waals surface area contributed by atoms with Crippen LogP contribution in [0.25, 0.3) is 0 Å². The number of likely N-dealkylation sites (N-methyl/N-ethyl adjacent to an activating group) is 1. The number of aliphatic hydroxyl groups excluding tert-OH is 1. The fraction of sp³-hybridized carbons (Fsp3) is 1.00. The van der Waals surface area contributed by atoms with Crippen LogP contribution in [0.2, 0.25) is 0 Å². The van der Waals surface area contributed by atoms with Crippen LogP contribution in [0.1, 0.15) is 26.2 Å². The molecule has 0 saturated heterocycles. The van der Waals surface area contributed by atoms with Crippen molar-refractivity contribution in [2.75, 3.05) is 26.7 Å². The minimum Gasteiger partial charge on any atom is -0.396 e. The Morgan fingerprint density at radius 3 is 2.50 bits per heavy atom. The van der Waals surface area contributed by atoms with Crippen LogP contribution in [0.15, 0.2) is 0 Å². The van der Waals surface area contributed by atoms with Gasteiger partial charge in [-0.05, 0) is 39.8 Å². The number of hydrogen-bond acceptors (Lipinski definition) is 3. The Hall–Kier alpha value is -0.120. The largest absolute Gasteiger partial charge is 0.396 e. The van der Waals surface area contributed by atoms with E-state index in [1.165, 1.54) is 0 Å². The number of hydrogen-bond donors (Lipinski definition) is 2. The predicted molar refractivity (Wildman–Crippen MR) is 52.1 cm³/mol. The lowest BCUT2D eigenvalue weighted by Crippen LogP contribution is -2.33. The number of rotatable bonds is 7. The highest BCUT2D eigenvalue weighted by Gasteiger charge is 2.00. The lowest BCUT2D eigenvalue weighted by molar-refractivity contribution is 0.270. The predicted octanol–water partition coefficient (Wildman–Crippen LogP) is 0.428. The Morgan fingerprint density at radius 1 is 1.33 bits per heavy atom. The molecule has 0 bridgehead atoms. The van der Waals surface area contributed by atoms with Crippen molar-refractivity contribution in [2.45, 2.75) is 32.2 Å². The summed E-state index contributed by atoms with van der Waals surface area (Å²) in [4.78, 5) is 2.24. The van der Waals surface area contributed by atoms with Crippen molar-refractivity contribution < 1.29 is 5.11 Å². The average Bonchev–Trinajstić information content (AvgIpc) is 1.97. The summed E-state index contributed by atoms with van der Waals surface area (Å²) in [6.07, 6.45) is 3.19. The first-order valence-corrected chi connectivity index (χ1v) is 4.71. The maximum absolute atomic E-state index is 8.54. The third-order valence-corrected chi connectivity index (χ3v) is 1.80. The summed E-state index contributed by atoms with van der Waals surface area (Å²) < 4.78 is 0. The Bertz CT molecular complexity index is 96.5. The topological polar surface area (TPSA) is 49.5 Å². The van der Waals surface area contributed by atoms with Gasteiger partial charge in [-0.1, -0.05) is 0 Å². The molecule has 1 atom stereocenters. The van der Waals surface area contributed by atoms with Gasteiger partial charge in [-0.15, -0.1) is 0 Å². The van der Waals surface area contributed by atoms with E-state index in [1.54, 1.807) is 0 Å². The van der Waals surface area contributed by atoms with Gasteiger partial charge in [0.1, 0.15) is 0 Å². The summed E-state index contributed by atoms with van der Waals surface area (Å²) >= 11 is 0. The molecule has 74 valence electrons. The van der Waals surface area contributed by atoms with E-state index in [1.807, 2.05) is 6.92 Å². The number of aliphatic hydroxyl groups is 1. The van der Waals surface area contributed by atoms with E-state index in [-0.39, 0.29) is 6.04 Å². The molecule has 0 heterocycles. The highest BCUT2D eigenvalue weighted by atomic mass is 16.2. The quantitative estimate of drug-likeness (QED) is 0.550. The van der Waals surface area contributed by atoms with Crippen molar-refractivity contribution >= 4 is 0 Å². The van der Waals surface area contributed by atoms with Gasteiger partial charge in [0.25, 0.3) is 0 Å². The maximum atomic E-state index is 8.54. The van der Waals surface area contributed by atoms with Gasteiger partial charge in [-0.3, -0.25) is 0 Å². The molecule has 0 saturated carbocycles. The standard InChI is InChI=1S/C9H22N2O/c1-9(10)8-11(2)6-4-3-5-7-12/h9,12H,3-8,10H2,1-2H3. The van der Waals surface area contributed by atoms with Gasteiger partial charge >= 0.3 is 0 Å². The van der Waals surface area contributed by atoms with Crippen LogP contribution in [0.3, 0.4) is 0 Å². The number of unbranched alkanes of at least 4 members (excludes halogenated alkanes) is 2. The number of nitrogens with zero attached hydrogens (tertiary/aromatic N) is 1. The Labute approximate surface area is 75.6 Å². The molecule has 0 spiro atoms. The van der Waals surface area contributed by atoms with Gasteiger partial charge in [-0.2, -0.15) is 0 Å². The van der Waals surface area contributed by atoms with Crippen molar-refractivity contribution in [3.05, 3.63) is 0 Å². The molecule has 12 heavy (non-hydrogen) atoms. The van der Waals surface area contributed by atoms with E-state index in [9.17, 15) is 0 Å². The van der Waals surface area contributed by atoms with E-state index in [2.05, 4.69) is 11.9 Å². The van der Waals surface area contributed by atoms with Crippen LogP contribution in [0.4, 0.5) is 0 Å². The van der Waals surface area contributed by atoms with E-state index in [0.717, 1.165) is 32.4 Å². The first-order valence-electron chi connectivity index (χ1n) is 4.71. The molecule has 0 rings (SSSR count). The zero-order valence-electron chi connectivity index (χ0n) is 8.29. The second-order valence-corrected chi connectivity index (χ2v) is 3.52. The van der Waals surface area contributed by atoms with E-state index >= 15 is 0 Å². The summed E-state index contributed by atoms with van der Waals surface area (Å²) in [6, 6.07) is 0.257. The van der Waals surface area contributed by atoms with Gasteiger partial charge in [-0.25, -0.2) is 0 Å². The summed E-state index contributed by atoms with van der Waals surface area (Å²) in [6.45, 7) is 4.38. The highest BCUT2D eigenvalue weighted by molar-refractivity contribution is 4.59. The van der Waals surface area contributed by atoms with E-state index in [4.69, 9.17) is 10.8 Å². The molecule has 1 unspecified atom stereocenters. The Balaban J connectivity index is 3.14. The first-order chi connectivity index (χ1) is 5.66. The second kappa shape index (κ2) is 7.53. The zero-order chi connectivity index (χ0) is 9.40. The van der Waals surface area contributed by atoms with Gasteiger partial charge < -0.3 is 15.7 Å². The maximum Gasteiger partial charge on any atom is 0.0431 e. The summed E-state index contributed by atoms with van der Waals surface area (Å²) in [7, 11) is 2.09. The molecule has 0 aliphatic carbocycles. The molecule has 0 aromatic carbocycles. The van der Waals surface area contributed by atoms with Crippen LogP contribution in [-0.2, 0) is 0 Å². The van der Waals surface area contributed by atoms with Gasteiger partial charge in [0, 0.05) is 19.2 Å². The van der Waals surface area contributed by atoms with Crippen LogP contribution in [0, 0.1) is 0 Å². The van der Waals surface area contributed by atoms with Crippen molar-refractivity contribution in [3.8, 4) is 0 Å². The van der Waals surface area contributed by atoms with Crippen molar-refractivity contribution in [3.63, 3.8) is 0 Å². The molecule has 3 heteroatoms. The molecule has 0 aromatic rings. The van der Waals surface area contributed by atoms with Crippen molar-refractivity contribution in [1.82, 2.24) is 4.90 Å². The SMILES string of the molecule is CC(N)CN(C)CCCCCO. The summed E-state index contributed by atoms with van der Waals surface area (Å²) in [5, 5.41) is 8.54. The highest BCUT2D eigenvalue weighted by Crippen LogP contribution is 1.96. The van der Waals surface area contributed by atoms with Gasteiger partial charge in [0.15, 0.2) is 0 Å². The Morgan fingerprint density at radius 2 is 2.00 bits per heavy atom. The first kappa shape index (κ1) is 11.9. The van der Waals surface area contributed by atoms with Crippen LogP contribution in [0.5, 0.6) is 0 Å². The van der Waals surface area contributed by atoms with Crippen molar-refractivity contribution in [2.24, 2.45) is 5.73 Å². The van der Waals surface area contributed by atoms with Crippen molar-refractivity contribution in [1.29, 1.82) is 0 Å². The van der Waals surface area contributed by atoms with Crippen LogP contribution in [-0.4, -0.2) is 42.8 Å². The molecule has 3 N–H and O–H groups in total. The molecular formula is C9H22N2O. The lowest BCUT2D eigenvalue weighted by Gasteiger charge is -2.18. The van der Waals surface area contributed by atoms with Gasteiger partial charge in [0.2, 0.25) is 0 Å². The molecule has 0 radical (unpaired) electrons. The van der Waals surface area contributed by atoms with Crippen LogP contribution >= 0.6 is 0 Å². The minimum atomic E-state index is 0.257. The summed E-state index contributed by atoms with van der Waals surface area (Å²) in [5.41, 5.74) is 5.64. The number of nitrogens with two attached hydrogens (primary N) is 1. The zero-order valence-corrected chi connectivity index (χ0v) is 8.29. The molecule has 0 fully saturated rings. The minimum absolute atomic E-state index is 0.257. The average molecular weight is 174 g/mol. The molecule has 0 aliphatic heterocycles. The van der Waals surface area contributed by atoms with E-state index in [0.29, 0.717) is 6.61 Å². The fourth-order valence-corrected chi connectivity index (χ4v) is 1.25. The smallest absolute Gasteiger partial charge is 0.0431 e. The lowest BCUT2D eigenvalue weighted by atomic mass is 10.2. The second-order valence-electron chi connectivity index (χ2n) is 3.52. The molecule has 3 nitrogen and oxygen atoms in total. The van der Waals surface area contributed by atoms with Gasteiger partial charge in [0.05, 0.1) is 0 Å². The summed E-state index contributed by atoms with van der Waals surface area (Å²) in [5.74, 6) is 0. The third kappa shape index (κ3) is 7.98. The van der Waals surface area contributed by atoms with E-state index < -0.39 is 0 Å². The molecule has 0 aromatic heterocycles. The monoisotopic (exact) mass is 174 g/mol.